The number of guanidine groups is 1. The number of fused-ring (bicyclic) bond motifs is 1. The average molecular weight is 856 g/mol. The molecule has 15 N–H and O–H groups in total. The first-order chi connectivity index (χ1) is 28.0. The highest BCUT2D eigenvalue weighted by molar-refractivity contribution is 8.00. The minimum absolute atomic E-state index is 0.0428. The molecule has 7 atom stereocenters. The van der Waals surface area contributed by atoms with E-state index in [0.29, 0.717) is 50.3 Å². The third-order valence-corrected chi connectivity index (χ3v) is 11.4. The van der Waals surface area contributed by atoms with Gasteiger partial charge >= 0.3 is 18.0 Å². The number of rotatable bonds is 30. The zero-order chi connectivity index (χ0) is 43.9. The van der Waals surface area contributed by atoms with Crippen molar-refractivity contribution in [2.45, 2.75) is 145 Å². The summed E-state index contributed by atoms with van der Waals surface area (Å²) in [4.78, 5) is 104. The Balaban J connectivity index is 1.91. The molecule has 0 aromatic rings. The monoisotopic (exact) mass is 855 g/mol. The number of carbonyl (C=O) groups is 8. The van der Waals surface area contributed by atoms with E-state index in [1.807, 2.05) is 11.8 Å². The molecule has 334 valence electrons. The van der Waals surface area contributed by atoms with Gasteiger partial charge in [0, 0.05) is 36.9 Å². The Labute approximate surface area is 349 Å². The quantitative estimate of drug-likeness (QED) is 0.0174. The van der Waals surface area contributed by atoms with E-state index in [2.05, 4.69) is 42.2 Å². The largest absolute Gasteiger partial charge is 0.481 e. The van der Waals surface area contributed by atoms with Gasteiger partial charge in [-0.1, -0.05) is 26.7 Å². The second-order valence-electron chi connectivity index (χ2n) is 15.2. The third-order valence-electron chi connectivity index (χ3n) is 9.90. The topological polar surface area (TPSA) is 352 Å². The molecule has 0 radical (unpaired) electrons. The van der Waals surface area contributed by atoms with Crippen molar-refractivity contribution < 1.29 is 48.6 Å². The predicted molar refractivity (Wildman–Crippen MR) is 221 cm³/mol. The standard InChI is InChI=1S/C37H65N11O10S/c1-21(2)30(35(56)57)47-34(55)24(19-29(51)52)45-33(54)23(11-7-8-16-38)44-32(53)22(12-10-18-42-36(39)40)43-28(50)15-4-3-9-17-41-27(49)14-6-5-13-26-31-25(20-59-26)46-37(58)48-31/h21-26,30-31H,3-20,38H2,1-2H3,(H,41,49)(H,43,50)(H,44,53)(H,45,54)(H,47,55)(H,51,52)(H,56,57)(H4,39,40,42)(H2,46,48,58)/t22-,23-,24-,25-,26-,30-,31-/m0/s1. The first kappa shape index (κ1) is 50.3. The zero-order valence-electron chi connectivity index (χ0n) is 34.1. The number of amides is 7. The maximum atomic E-state index is 13.6. The fourth-order valence-electron chi connectivity index (χ4n) is 6.67. The Morgan fingerprint density at radius 3 is 2.05 bits per heavy atom. The van der Waals surface area contributed by atoms with Crippen molar-refractivity contribution in [1.29, 1.82) is 0 Å². The van der Waals surface area contributed by atoms with Gasteiger partial charge < -0.3 is 64.6 Å². The van der Waals surface area contributed by atoms with Crippen molar-refractivity contribution >= 4 is 65.2 Å². The van der Waals surface area contributed by atoms with Crippen LogP contribution in [0.3, 0.4) is 0 Å². The molecule has 0 aliphatic carbocycles. The molecule has 0 bridgehead atoms. The molecule has 0 aromatic heterocycles. The molecule has 2 saturated heterocycles. The Morgan fingerprint density at radius 1 is 0.780 bits per heavy atom. The maximum Gasteiger partial charge on any atom is 0.326 e. The summed E-state index contributed by atoms with van der Waals surface area (Å²) in [5.74, 6) is -5.66. The average Bonchev–Trinajstić information content (AvgIpc) is 3.72. The van der Waals surface area contributed by atoms with E-state index in [1.54, 1.807) is 13.8 Å². The van der Waals surface area contributed by atoms with Crippen LogP contribution in [0.5, 0.6) is 0 Å². The predicted octanol–water partition coefficient (Wildman–Crippen LogP) is -1.27. The number of nitrogens with zero attached hydrogens (tertiary/aromatic N) is 1. The Bertz CT molecular complexity index is 1470. The van der Waals surface area contributed by atoms with E-state index in [1.165, 1.54) is 0 Å². The molecule has 59 heavy (non-hydrogen) atoms. The summed E-state index contributed by atoms with van der Waals surface area (Å²) >= 11 is 1.84. The van der Waals surface area contributed by atoms with Crippen molar-refractivity contribution in [1.82, 2.24) is 37.2 Å². The van der Waals surface area contributed by atoms with Crippen LogP contribution in [0.15, 0.2) is 4.99 Å². The number of nitrogens with one attached hydrogen (secondary N) is 7. The van der Waals surface area contributed by atoms with E-state index in [4.69, 9.17) is 17.2 Å². The molecule has 2 aliphatic rings. The number of aliphatic carboxylic acids is 2. The molecule has 22 heteroatoms. The Kier molecular flexibility index (Phi) is 23.0. The van der Waals surface area contributed by atoms with Gasteiger partial charge in [-0.2, -0.15) is 11.8 Å². The number of carbonyl (C=O) groups excluding carboxylic acids is 6. The summed E-state index contributed by atoms with van der Waals surface area (Å²) in [5, 5.41) is 38.0. The Hall–Kier alpha value is -4.86. The summed E-state index contributed by atoms with van der Waals surface area (Å²) in [6.07, 6.45) is 5.26. The molecule has 2 rings (SSSR count). The van der Waals surface area contributed by atoms with Crippen LogP contribution in [0, 0.1) is 5.92 Å². The number of nitrogens with two attached hydrogens (primary N) is 3. The zero-order valence-corrected chi connectivity index (χ0v) is 34.9. The van der Waals surface area contributed by atoms with Crippen molar-refractivity contribution in [2.75, 3.05) is 25.4 Å². The highest BCUT2D eigenvalue weighted by atomic mass is 32.2. The number of carboxylic acids is 2. The molecule has 0 spiro atoms. The maximum absolute atomic E-state index is 13.6. The number of unbranched alkanes of at least 4 members (excludes halogenated alkanes) is 4. The smallest absolute Gasteiger partial charge is 0.326 e. The number of hydrogen-bond donors (Lipinski definition) is 12. The molecule has 21 nitrogen and oxygen atoms in total. The van der Waals surface area contributed by atoms with E-state index >= 15 is 0 Å². The lowest BCUT2D eigenvalue weighted by atomic mass is 10.0. The van der Waals surface area contributed by atoms with E-state index < -0.39 is 72.1 Å². The second kappa shape index (κ2) is 27.0. The van der Waals surface area contributed by atoms with Crippen molar-refractivity contribution in [3.05, 3.63) is 0 Å². The molecule has 7 amide bonds. The number of aliphatic imine (C=N–C) groups is 1. The summed E-state index contributed by atoms with van der Waals surface area (Å²) in [7, 11) is 0. The first-order valence-corrected chi connectivity index (χ1v) is 21.4. The lowest BCUT2D eigenvalue weighted by Crippen LogP contribution is -2.58. The summed E-state index contributed by atoms with van der Waals surface area (Å²) in [6.45, 7) is 4.00. The van der Waals surface area contributed by atoms with Gasteiger partial charge in [0.05, 0.1) is 18.5 Å². The number of thioether (sulfide) groups is 1. The molecular formula is C37H65N11O10S. The van der Waals surface area contributed by atoms with Gasteiger partial charge in [0.15, 0.2) is 5.96 Å². The van der Waals surface area contributed by atoms with Gasteiger partial charge in [0.1, 0.15) is 24.2 Å². The van der Waals surface area contributed by atoms with Crippen LogP contribution < -0.4 is 54.4 Å². The molecule has 2 aliphatic heterocycles. The van der Waals surface area contributed by atoms with Gasteiger partial charge in [0.2, 0.25) is 29.5 Å². The van der Waals surface area contributed by atoms with Gasteiger partial charge in [0.25, 0.3) is 0 Å². The van der Waals surface area contributed by atoms with Crippen LogP contribution >= 0.6 is 11.8 Å². The van der Waals surface area contributed by atoms with Crippen LogP contribution in [-0.2, 0) is 33.6 Å². The van der Waals surface area contributed by atoms with Crippen molar-refractivity contribution in [3.8, 4) is 0 Å². The normalized spacial score (nSPS) is 18.8. The summed E-state index contributed by atoms with van der Waals surface area (Å²) in [6, 6.07) is -5.17. The molecule has 2 fully saturated rings. The molecule has 0 unspecified atom stereocenters. The fourth-order valence-corrected chi connectivity index (χ4v) is 8.22. The summed E-state index contributed by atoms with van der Waals surface area (Å²) < 4.78 is 0. The van der Waals surface area contributed by atoms with Crippen LogP contribution in [0.4, 0.5) is 4.79 Å². The van der Waals surface area contributed by atoms with Gasteiger partial charge in [-0.05, 0) is 70.3 Å². The van der Waals surface area contributed by atoms with Crippen LogP contribution in [0.25, 0.3) is 0 Å². The molecule has 0 saturated carbocycles. The third kappa shape index (κ3) is 19.6. The lowest BCUT2D eigenvalue weighted by Gasteiger charge is -2.26. The number of hydrogen-bond acceptors (Lipinski definition) is 11. The fraction of sp³-hybridized carbons (Fsp3) is 0.757. The number of carboxylic acid groups (broad SMARTS) is 2. The highest BCUT2D eigenvalue weighted by Crippen LogP contribution is 2.33. The van der Waals surface area contributed by atoms with E-state index in [0.717, 1.165) is 25.0 Å². The van der Waals surface area contributed by atoms with Crippen LogP contribution in [-0.4, -0.2) is 131 Å². The van der Waals surface area contributed by atoms with Crippen LogP contribution in [0.2, 0.25) is 0 Å². The summed E-state index contributed by atoms with van der Waals surface area (Å²) in [5.41, 5.74) is 16.5. The SMILES string of the molecule is CC(C)[C@H](NC(=O)[C@H](CC(=O)O)NC(=O)[C@H](CCCCN)NC(=O)[C@H](CCCN=C(N)N)NC(=O)CCCCCNC(=O)CCCC[C@@H]1SC[C@@H]2NC(=O)N[C@@H]21)C(=O)O. The molecular weight excluding hydrogens is 791 g/mol. The molecule has 2 heterocycles. The van der Waals surface area contributed by atoms with Crippen LogP contribution in [0.1, 0.15) is 104 Å². The van der Waals surface area contributed by atoms with Gasteiger partial charge in [-0.3, -0.25) is 33.8 Å². The van der Waals surface area contributed by atoms with Gasteiger partial charge in [-0.15, -0.1) is 0 Å². The number of urea groups is 1. The minimum Gasteiger partial charge on any atom is -0.481 e. The van der Waals surface area contributed by atoms with Crippen molar-refractivity contribution in [2.24, 2.45) is 28.1 Å². The first-order valence-electron chi connectivity index (χ1n) is 20.4. The Morgan fingerprint density at radius 2 is 1.41 bits per heavy atom. The highest BCUT2D eigenvalue weighted by Gasteiger charge is 2.42. The lowest BCUT2D eigenvalue weighted by molar-refractivity contribution is -0.144. The van der Waals surface area contributed by atoms with E-state index in [9.17, 15) is 48.6 Å². The minimum atomic E-state index is -1.66. The molecule has 0 aromatic carbocycles. The van der Waals surface area contributed by atoms with Crippen molar-refractivity contribution in [3.63, 3.8) is 0 Å². The van der Waals surface area contributed by atoms with E-state index in [-0.39, 0.29) is 68.8 Å². The van der Waals surface area contributed by atoms with Gasteiger partial charge in [-0.25, -0.2) is 9.59 Å². The second-order valence-corrected chi connectivity index (χ2v) is 16.4.